The lowest BCUT2D eigenvalue weighted by Gasteiger charge is -2.33. The maximum absolute atomic E-state index is 13.0. The highest BCUT2D eigenvalue weighted by Crippen LogP contribution is 2.22. The molecule has 1 aliphatic heterocycles. The summed E-state index contributed by atoms with van der Waals surface area (Å²) in [4.78, 5) is 27.1. The molecule has 0 radical (unpaired) electrons. The first-order valence-corrected chi connectivity index (χ1v) is 10.9. The van der Waals surface area contributed by atoms with Gasteiger partial charge in [-0.05, 0) is 54.3 Å². The maximum atomic E-state index is 13.0. The average Bonchev–Trinajstić information content (AvgIpc) is 3.38. The fourth-order valence-corrected chi connectivity index (χ4v) is 3.99. The van der Waals surface area contributed by atoms with Gasteiger partial charge in [0.25, 0.3) is 5.91 Å². The Balaban J connectivity index is 1.28. The van der Waals surface area contributed by atoms with Gasteiger partial charge >= 0.3 is 0 Å². The molecule has 2 amide bonds. The number of nitrogens with one attached hydrogen (secondary N) is 1. The van der Waals surface area contributed by atoms with Gasteiger partial charge in [0.15, 0.2) is 0 Å². The van der Waals surface area contributed by atoms with Gasteiger partial charge in [0.2, 0.25) is 5.91 Å². The number of carbonyl (C=O) groups excluding carboxylic acids is 2. The van der Waals surface area contributed by atoms with Crippen molar-refractivity contribution in [1.82, 2.24) is 20.0 Å². The molecule has 2 aromatic carbocycles. The molecule has 1 N–H and O–H groups in total. The molecule has 1 fully saturated rings. The van der Waals surface area contributed by atoms with E-state index in [-0.39, 0.29) is 17.9 Å². The van der Waals surface area contributed by atoms with E-state index in [0.717, 1.165) is 36.3 Å². The molecule has 1 saturated heterocycles. The number of rotatable bonds is 7. The molecule has 32 heavy (non-hydrogen) atoms. The lowest BCUT2D eigenvalue weighted by Crippen LogP contribution is -2.40. The van der Waals surface area contributed by atoms with E-state index in [1.807, 2.05) is 70.4 Å². The third-order valence-electron chi connectivity index (χ3n) is 5.80. The zero-order valence-corrected chi connectivity index (χ0v) is 18.2. The summed E-state index contributed by atoms with van der Waals surface area (Å²) in [5, 5.41) is 7.26. The van der Waals surface area contributed by atoms with Crippen LogP contribution >= 0.6 is 0 Å². The highest BCUT2D eigenvalue weighted by atomic mass is 16.5. The topological polar surface area (TPSA) is 76.5 Å². The molecule has 1 unspecified atom stereocenters. The Labute approximate surface area is 188 Å². The number of hydrogen-bond donors (Lipinski definition) is 1. The van der Waals surface area contributed by atoms with Gasteiger partial charge in [-0.15, -0.1) is 0 Å². The summed E-state index contributed by atoms with van der Waals surface area (Å²) in [5.74, 6) is 0.760. The first-order valence-electron chi connectivity index (χ1n) is 10.9. The van der Waals surface area contributed by atoms with Crippen LogP contribution < -0.4 is 10.1 Å². The summed E-state index contributed by atoms with van der Waals surface area (Å²) in [5.41, 5.74) is 2.55. The van der Waals surface area contributed by atoms with Crippen LogP contribution in [0.2, 0.25) is 0 Å². The molecule has 2 heterocycles. The summed E-state index contributed by atoms with van der Waals surface area (Å²) in [6.45, 7) is 1.86. The molecular weight excluding hydrogens is 404 g/mol. The van der Waals surface area contributed by atoms with Crippen LogP contribution in [0.1, 0.15) is 40.4 Å². The number of nitrogens with zero attached hydrogens (tertiary/aromatic N) is 3. The van der Waals surface area contributed by atoms with E-state index in [1.54, 1.807) is 13.3 Å². The van der Waals surface area contributed by atoms with E-state index in [4.69, 9.17) is 4.74 Å². The van der Waals surface area contributed by atoms with Crippen molar-refractivity contribution in [2.75, 3.05) is 20.2 Å². The van der Waals surface area contributed by atoms with Crippen LogP contribution in [0.4, 0.5) is 0 Å². The zero-order chi connectivity index (χ0) is 22.3. The monoisotopic (exact) mass is 432 g/mol. The zero-order valence-electron chi connectivity index (χ0n) is 18.2. The molecule has 3 aromatic rings. The molecule has 0 aliphatic carbocycles. The van der Waals surface area contributed by atoms with Gasteiger partial charge in [-0.2, -0.15) is 5.10 Å². The smallest absolute Gasteiger partial charge is 0.253 e. The van der Waals surface area contributed by atoms with Crippen LogP contribution in [0.15, 0.2) is 67.0 Å². The summed E-state index contributed by atoms with van der Waals surface area (Å²) < 4.78 is 7.08. The van der Waals surface area contributed by atoms with E-state index in [0.29, 0.717) is 25.1 Å². The van der Waals surface area contributed by atoms with Crippen molar-refractivity contribution in [3.63, 3.8) is 0 Å². The van der Waals surface area contributed by atoms with Crippen LogP contribution in [0, 0.1) is 0 Å². The molecule has 0 saturated carbocycles. The van der Waals surface area contributed by atoms with Crippen molar-refractivity contribution in [1.29, 1.82) is 0 Å². The molecule has 7 nitrogen and oxygen atoms in total. The van der Waals surface area contributed by atoms with Crippen molar-refractivity contribution in [2.45, 2.75) is 31.8 Å². The van der Waals surface area contributed by atoms with Gasteiger partial charge < -0.3 is 15.0 Å². The van der Waals surface area contributed by atoms with Crippen LogP contribution in [0.3, 0.4) is 0 Å². The lowest BCUT2D eigenvalue weighted by molar-refractivity contribution is -0.120. The van der Waals surface area contributed by atoms with E-state index in [2.05, 4.69) is 10.4 Å². The first-order chi connectivity index (χ1) is 15.6. The predicted octanol–water partition coefficient (Wildman–Crippen LogP) is 3.23. The quantitative estimate of drug-likeness (QED) is 0.622. The predicted molar refractivity (Wildman–Crippen MR) is 121 cm³/mol. The molecule has 166 valence electrons. The molecule has 4 rings (SSSR count). The SMILES string of the molecule is COc1ccc(CC(=O)NCc2ccc(C(=O)N3CCCC(n4cccn4)C3)cc2)cc1. The third-order valence-corrected chi connectivity index (χ3v) is 5.80. The van der Waals surface area contributed by atoms with Crippen molar-refractivity contribution in [3.8, 4) is 5.75 Å². The largest absolute Gasteiger partial charge is 0.497 e. The standard InChI is InChI=1S/C25H28N4O3/c1-32-23-11-7-19(8-12-23)16-24(30)26-17-20-5-9-21(10-6-20)25(31)28-14-2-4-22(18-28)29-15-3-13-27-29/h3,5-13,15,22H,2,4,14,16-18H2,1H3,(H,26,30). The minimum atomic E-state index is -0.0479. The number of amides is 2. The van der Waals surface area contributed by atoms with Gasteiger partial charge in [0.05, 0.1) is 19.6 Å². The fourth-order valence-electron chi connectivity index (χ4n) is 3.99. The Hall–Kier alpha value is -3.61. The summed E-state index contributed by atoms with van der Waals surface area (Å²) >= 11 is 0. The molecule has 1 aromatic heterocycles. The molecule has 1 aliphatic rings. The highest BCUT2D eigenvalue weighted by Gasteiger charge is 2.25. The van der Waals surface area contributed by atoms with Crippen LogP contribution in [0.5, 0.6) is 5.75 Å². The van der Waals surface area contributed by atoms with Gasteiger partial charge in [0.1, 0.15) is 5.75 Å². The second-order valence-corrected chi connectivity index (χ2v) is 8.03. The van der Waals surface area contributed by atoms with Crippen molar-refractivity contribution < 1.29 is 14.3 Å². The molecule has 1 atom stereocenters. The fraction of sp³-hybridized carbons (Fsp3) is 0.320. The number of benzene rings is 2. The first kappa shape index (κ1) is 21.6. The van der Waals surface area contributed by atoms with E-state index in [9.17, 15) is 9.59 Å². The number of ether oxygens (including phenoxy) is 1. The van der Waals surface area contributed by atoms with E-state index in [1.165, 1.54) is 0 Å². The Morgan fingerprint density at radius 2 is 1.84 bits per heavy atom. The number of carbonyl (C=O) groups is 2. The maximum Gasteiger partial charge on any atom is 0.253 e. The summed E-state index contributed by atoms with van der Waals surface area (Å²) in [6, 6.07) is 17.1. The number of likely N-dealkylation sites (tertiary alicyclic amines) is 1. The second-order valence-electron chi connectivity index (χ2n) is 8.03. The van der Waals surface area contributed by atoms with Gasteiger partial charge in [-0.1, -0.05) is 24.3 Å². The number of aromatic nitrogens is 2. The van der Waals surface area contributed by atoms with Gasteiger partial charge in [-0.3, -0.25) is 14.3 Å². The van der Waals surface area contributed by atoms with E-state index < -0.39 is 0 Å². The Morgan fingerprint density at radius 3 is 2.53 bits per heavy atom. The van der Waals surface area contributed by atoms with Crippen LogP contribution in [-0.4, -0.2) is 46.7 Å². The Morgan fingerprint density at radius 1 is 1.09 bits per heavy atom. The summed E-state index contributed by atoms with van der Waals surface area (Å²) in [7, 11) is 1.62. The van der Waals surface area contributed by atoms with Gasteiger partial charge in [0, 0.05) is 37.6 Å². The Bertz CT molecular complexity index is 1030. The Kier molecular flexibility index (Phi) is 6.84. The van der Waals surface area contributed by atoms with Crippen molar-refractivity contribution in [2.24, 2.45) is 0 Å². The minimum absolute atomic E-state index is 0.0388. The number of hydrogen-bond acceptors (Lipinski definition) is 4. The molecular formula is C25H28N4O3. The van der Waals surface area contributed by atoms with Crippen LogP contribution in [-0.2, 0) is 17.8 Å². The van der Waals surface area contributed by atoms with Crippen molar-refractivity contribution >= 4 is 11.8 Å². The molecule has 7 heteroatoms. The normalized spacial score (nSPS) is 15.9. The minimum Gasteiger partial charge on any atom is -0.497 e. The highest BCUT2D eigenvalue weighted by molar-refractivity contribution is 5.94. The number of methoxy groups -OCH3 is 1. The van der Waals surface area contributed by atoms with E-state index >= 15 is 0 Å². The molecule has 0 bridgehead atoms. The lowest BCUT2D eigenvalue weighted by atomic mass is 10.0. The van der Waals surface area contributed by atoms with Crippen molar-refractivity contribution in [3.05, 3.63) is 83.7 Å². The number of piperidine rings is 1. The average molecular weight is 433 g/mol. The van der Waals surface area contributed by atoms with Crippen LogP contribution in [0.25, 0.3) is 0 Å². The second kappa shape index (κ2) is 10.1. The molecule has 0 spiro atoms. The van der Waals surface area contributed by atoms with Gasteiger partial charge in [-0.25, -0.2) is 0 Å². The summed E-state index contributed by atoms with van der Waals surface area (Å²) in [6.07, 6.45) is 6.04. The third kappa shape index (κ3) is 5.35.